The average molecular weight is 363 g/mol. The van der Waals surface area contributed by atoms with E-state index < -0.39 is 0 Å². The number of carbonyl (C=O) groups excluding carboxylic acids is 2. The van der Waals surface area contributed by atoms with Gasteiger partial charge in [-0.05, 0) is 29.8 Å². The van der Waals surface area contributed by atoms with Crippen LogP contribution in [0.1, 0.15) is 22.8 Å². The van der Waals surface area contributed by atoms with Gasteiger partial charge in [-0.2, -0.15) is 0 Å². The van der Waals surface area contributed by atoms with Crippen LogP contribution in [0.4, 0.5) is 5.69 Å². The third-order valence-corrected chi connectivity index (χ3v) is 4.22. The summed E-state index contributed by atoms with van der Waals surface area (Å²) in [5.74, 6) is 0.966. The monoisotopic (exact) mass is 363 g/mol. The lowest BCUT2D eigenvalue weighted by Crippen LogP contribution is -2.23. The standard InChI is InChI=1S/C20H17N3O4/c1-12(24)23-16-4-2-3-14-15(7-8-21-19(14)16)20(25)22-10-13-5-6-17-18(9-13)27-11-26-17/h2-9H,10-11H2,1H3,(H,22,25)(H,23,24). The first kappa shape index (κ1) is 16.8. The summed E-state index contributed by atoms with van der Waals surface area (Å²) >= 11 is 0. The van der Waals surface area contributed by atoms with E-state index in [1.807, 2.05) is 24.3 Å². The summed E-state index contributed by atoms with van der Waals surface area (Å²) < 4.78 is 10.6. The van der Waals surface area contributed by atoms with Crippen LogP contribution in [0.3, 0.4) is 0 Å². The van der Waals surface area contributed by atoms with Gasteiger partial charge in [0, 0.05) is 25.1 Å². The minimum Gasteiger partial charge on any atom is -0.454 e. The van der Waals surface area contributed by atoms with E-state index in [1.54, 1.807) is 24.4 Å². The van der Waals surface area contributed by atoms with Crippen LogP contribution in [0.25, 0.3) is 10.9 Å². The number of nitrogens with zero attached hydrogens (tertiary/aromatic N) is 1. The van der Waals surface area contributed by atoms with Gasteiger partial charge in [0.25, 0.3) is 5.91 Å². The highest BCUT2D eigenvalue weighted by Crippen LogP contribution is 2.32. The summed E-state index contributed by atoms with van der Waals surface area (Å²) in [7, 11) is 0. The van der Waals surface area contributed by atoms with Crippen LogP contribution >= 0.6 is 0 Å². The molecule has 0 spiro atoms. The van der Waals surface area contributed by atoms with E-state index in [0.717, 1.165) is 5.56 Å². The number of benzene rings is 2. The van der Waals surface area contributed by atoms with Gasteiger partial charge in [0.2, 0.25) is 12.7 Å². The van der Waals surface area contributed by atoms with Crippen LogP contribution in [0.5, 0.6) is 11.5 Å². The maximum Gasteiger partial charge on any atom is 0.252 e. The first-order valence-corrected chi connectivity index (χ1v) is 8.44. The maximum absolute atomic E-state index is 12.7. The van der Waals surface area contributed by atoms with E-state index in [2.05, 4.69) is 15.6 Å². The Morgan fingerprint density at radius 3 is 2.81 bits per heavy atom. The molecule has 2 amide bonds. The molecule has 0 aliphatic carbocycles. The molecule has 2 aromatic carbocycles. The lowest BCUT2D eigenvalue weighted by molar-refractivity contribution is -0.114. The summed E-state index contributed by atoms with van der Waals surface area (Å²) in [4.78, 5) is 28.4. The summed E-state index contributed by atoms with van der Waals surface area (Å²) in [6.45, 7) is 2.00. The lowest BCUT2D eigenvalue weighted by atomic mass is 10.1. The molecule has 0 saturated heterocycles. The second-order valence-electron chi connectivity index (χ2n) is 6.11. The molecular formula is C20H17N3O4. The molecule has 0 fully saturated rings. The van der Waals surface area contributed by atoms with Crippen molar-refractivity contribution in [2.45, 2.75) is 13.5 Å². The van der Waals surface area contributed by atoms with E-state index in [0.29, 0.717) is 40.2 Å². The molecule has 0 atom stereocenters. The van der Waals surface area contributed by atoms with Gasteiger partial charge in [-0.3, -0.25) is 14.6 Å². The Labute approximate surface area is 155 Å². The largest absolute Gasteiger partial charge is 0.454 e. The van der Waals surface area contributed by atoms with Gasteiger partial charge in [-0.15, -0.1) is 0 Å². The summed E-state index contributed by atoms with van der Waals surface area (Å²) in [6, 6.07) is 12.6. The summed E-state index contributed by atoms with van der Waals surface area (Å²) in [5, 5.41) is 6.32. The Bertz CT molecular complexity index is 1050. The van der Waals surface area contributed by atoms with Crippen LogP contribution in [-0.2, 0) is 11.3 Å². The molecule has 4 rings (SSSR count). The number of ether oxygens (including phenoxy) is 2. The molecule has 3 aromatic rings. The Kier molecular flexibility index (Phi) is 4.33. The average Bonchev–Trinajstić information content (AvgIpc) is 3.13. The van der Waals surface area contributed by atoms with Gasteiger partial charge < -0.3 is 20.1 Å². The van der Waals surface area contributed by atoms with E-state index in [9.17, 15) is 9.59 Å². The van der Waals surface area contributed by atoms with Crippen molar-refractivity contribution < 1.29 is 19.1 Å². The minimum absolute atomic E-state index is 0.193. The van der Waals surface area contributed by atoms with Crippen molar-refractivity contribution in [3.63, 3.8) is 0 Å². The van der Waals surface area contributed by atoms with Crippen LogP contribution < -0.4 is 20.1 Å². The fourth-order valence-corrected chi connectivity index (χ4v) is 2.99. The molecule has 0 saturated carbocycles. The number of carbonyl (C=O) groups is 2. The van der Waals surface area contributed by atoms with Crippen molar-refractivity contribution >= 4 is 28.4 Å². The molecule has 0 unspecified atom stereocenters. The highest BCUT2D eigenvalue weighted by molar-refractivity contribution is 6.10. The predicted octanol–water partition coefficient (Wildman–Crippen LogP) is 2.85. The molecule has 1 aliphatic rings. The third kappa shape index (κ3) is 3.39. The van der Waals surface area contributed by atoms with E-state index in [-0.39, 0.29) is 18.6 Å². The topological polar surface area (TPSA) is 89.6 Å². The second-order valence-corrected chi connectivity index (χ2v) is 6.11. The number of hydrogen-bond acceptors (Lipinski definition) is 5. The van der Waals surface area contributed by atoms with Crippen LogP contribution in [0.2, 0.25) is 0 Å². The molecule has 7 heteroatoms. The molecule has 0 radical (unpaired) electrons. The van der Waals surface area contributed by atoms with Crippen LogP contribution in [0, 0.1) is 0 Å². The lowest BCUT2D eigenvalue weighted by Gasteiger charge is -2.11. The zero-order valence-electron chi connectivity index (χ0n) is 14.6. The molecule has 1 aromatic heterocycles. The molecule has 2 N–H and O–H groups in total. The molecule has 0 bridgehead atoms. The third-order valence-electron chi connectivity index (χ3n) is 4.22. The minimum atomic E-state index is -0.222. The smallest absolute Gasteiger partial charge is 0.252 e. The van der Waals surface area contributed by atoms with E-state index in [1.165, 1.54) is 6.92 Å². The Morgan fingerprint density at radius 2 is 1.96 bits per heavy atom. The zero-order chi connectivity index (χ0) is 18.8. The molecular weight excluding hydrogens is 346 g/mol. The van der Waals surface area contributed by atoms with Gasteiger partial charge in [0.1, 0.15) is 0 Å². The van der Waals surface area contributed by atoms with Crippen molar-refractivity contribution in [2.75, 3.05) is 12.1 Å². The number of fused-ring (bicyclic) bond motifs is 2. The highest BCUT2D eigenvalue weighted by Gasteiger charge is 2.15. The van der Waals surface area contributed by atoms with Gasteiger partial charge in [0.15, 0.2) is 11.5 Å². The maximum atomic E-state index is 12.7. The van der Waals surface area contributed by atoms with E-state index >= 15 is 0 Å². The number of nitrogens with one attached hydrogen (secondary N) is 2. The van der Waals surface area contributed by atoms with Crippen LogP contribution in [0.15, 0.2) is 48.7 Å². The van der Waals surface area contributed by atoms with Crippen LogP contribution in [-0.4, -0.2) is 23.6 Å². The van der Waals surface area contributed by atoms with Crippen molar-refractivity contribution in [1.29, 1.82) is 0 Å². The van der Waals surface area contributed by atoms with Gasteiger partial charge >= 0.3 is 0 Å². The van der Waals surface area contributed by atoms with Gasteiger partial charge in [-0.1, -0.05) is 18.2 Å². The Morgan fingerprint density at radius 1 is 1.11 bits per heavy atom. The number of rotatable bonds is 4. The number of hydrogen-bond donors (Lipinski definition) is 2. The number of para-hydroxylation sites is 1. The fraction of sp³-hybridized carbons (Fsp3) is 0.150. The van der Waals surface area contributed by atoms with Gasteiger partial charge in [-0.25, -0.2) is 0 Å². The number of anilines is 1. The SMILES string of the molecule is CC(=O)Nc1cccc2c(C(=O)NCc3ccc4c(c3)OCO4)ccnc12. The zero-order valence-corrected chi connectivity index (χ0v) is 14.6. The van der Waals surface area contributed by atoms with Gasteiger partial charge in [0.05, 0.1) is 16.8 Å². The number of amides is 2. The van der Waals surface area contributed by atoms with Crippen molar-refractivity contribution in [1.82, 2.24) is 10.3 Å². The molecule has 136 valence electrons. The highest BCUT2D eigenvalue weighted by atomic mass is 16.7. The normalized spacial score (nSPS) is 12.0. The molecule has 7 nitrogen and oxygen atoms in total. The predicted molar refractivity (Wildman–Crippen MR) is 99.8 cm³/mol. The molecule has 2 heterocycles. The number of aromatic nitrogens is 1. The van der Waals surface area contributed by atoms with E-state index in [4.69, 9.17) is 9.47 Å². The molecule has 27 heavy (non-hydrogen) atoms. The first-order chi connectivity index (χ1) is 13.1. The number of pyridine rings is 1. The first-order valence-electron chi connectivity index (χ1n) is 8.44. The van der Waals surface area contributed by atoms with Crippen molar-refractivity contribution in [3.05, 3.63) is 59.8 Å². The Balaban J connectivity index is 1.56. The quantitative estimate of drug-likeness (QED) is 0.744. The molecule has 1 aliphatic heterocycles. The summed E-state index contributed by atoms with van der Waals surface area (Å²) in [5.41, 5.74) is 2.55. The second kappa shape index (κ2) is 6.95. The summed E-state index contributed by atoms with van der Waals surface area (Å²) in [6.07, 6.45) is 1.56. The Hall–Kier alpha value is -3.61. The van der Waals surface area contributed by atoms with Crippen molar-refractivity contribution in [2.24, 2.45) is 0 Å². The van der Waals surface area contributed by atoms with Crippen molar-refractivity contribution in [3.8, 4) is 11.5 Å². The fourth-order valence-electron chi connectivity index (χ4n) is 2.99.